The van der Waals surface area contributed by atoms with Gasteiger partial charge in [0.05, 0.1) is 11.2 Å². The number of aromatic nitrogens is 4. The maximum absolute atomic E-state index is 6.80. The number of fused-ring (bicyclic) bond motifs is 15. The highest BCUT2D eigenvalue weighted by atomic mass is 32.1. The largest absolute Gasteiger partial charge is 0.456 e. The molecular formula is C64H36N4OS. The SMILES string of the molecule is c1ccc(-c2nc(-c3ccc(-c4c5c(cc6c(-c7ccc8c9ccccc9c9ccccc9c8c7)nc7ccccc7c46)oc4ccccc45)cc3)nc(-c3cccc4c3sc3ccccc34)n2)cc1. The van der Waals surface area contributed by atoms with E-state index in [9.17, 15) is 0 Å². The van der Waals surface area contributed by atoms with Crippen LogP contribution in [0.25, 0.3) is 153 Å². The Morgan fingerprint density at radius 2 is 0.871 bits per heavy atom. The third kappa shape index (κ3) is 5.90. The molecular weight excluding hydrogens is 873 g/mol. The molecule has 5 nitrogen and oxygen atoms in total. The molecule has 0 aliphatic carbocycles. The molecule has 4 heterocycles. The lowest BCUT2D eigenvalue weighted by Gasteiger charge is -2.17. The summed E-state index contributed by atoms with van der Waals surface area (Å²) in [6.45, 7) is 0. The molecule has 11 aromatic carbocycles. The number of benzene rings is 11. The van der Waals surface area contributed by atoms with Gasteiger partial charge >= 0.3 is 0 Å². The van der Waals surface area contributed by atoms with Crippen molar-refractivity contribution in [3.05, 3.63) is 218 Å². The maximum atomic E-state index is 6.80. The Morgan fingerprint density at radius 3 is 1.63 bits per heavy atom. The second-order valence-electron chi connectivity index (χ2n) is 18.0. The zero-order valence-electron chi connectivity index (χ0n) is 37.4. The van der Waals surface area contributed by atoms with Gasteiger partial charge in [0.25, 0.3) is 0 Å². The average molecular weight is 909 g/mol. The molecule has 0 bridgehead atoms. The Hall–Kier alpha value is -9.10. The van der Waals surface area contributed by atoms with E-state index < -0.39 is 0 Å². The molecule has 324 valence electrons. The maximum Gasteiger partial charge on any atom is 0.165 e. The van der Waals surface area contributed by atoms with Gasteiger partial charge in [0.1, 0.15) is 11.2 Å². The van der Waals surface area contributed by atoms with Crippen LogP contribution in [0.1, 0.15) is 0 Å². The average Bonchev–Trinajstić information content (AvgIpc) is 4.01. The van der Waals surface area contributed by atoms with Gasteiger partial charge in [0.2, 0.25) is 0 Å². The summed E-state index contributed by atoms with van der Waals surface area (Å²) in [4.78, 5) is 21.1. The van der Waals surface area contributed by atoms with Crippen molar-refractivity contribution in [3.63, 3.8) is 0 Å². The number of rotatable bonds is 5. The Kier molecular flexibility index (Phi) is 8.46. The highest BCUT2D eigenvalue weighted by Gasteiger charge is 2.23. The van der Waals surface area contributed by atoms with E-state index in [1.165, 1.54) is 47.8 Å². The normalized spacial score (nSPS) is 12.0. The van der Waals surface area contributed by atoms with Crippen LogP contribution in [0.5, 0.6) is 0 Å². The Labute approximate surface area is 404 Å². The van der Waals surface area contributed by atoms with Crippen molar-refractivity contribution in [2.45, 2.75) is 0 Å². The van der Waals surface area contributed by atoms with E-state index in [0.717, 1.165) is 87.4 Å². The molecule has 0 radical (unpaired) electrons. The van der Waals surface area contributed by atoms with Gasteiger partial charge in [-0.25, -0.2) is 19.9 Å². The lowest BCUT2D eigenvalue weighted by Crippen LogP contribution is -2.00. The third-order valence-electron chi connectivity index (χ3n) is 14.1. The Bertz CT molecular complexity index is 4620. The van der Waals surface area contributed by atoms with Gasteiger partial charge in [0.15, 0.2) is 17.5 Å². The summed E-state index contributed by atoms with van der Waals surface area (Å²) < 4.78 is 9.20. The number of hydrogen-bond donors (Lipinski definition) is 0. The third-order valence-corrected chi connectivity index (χ3v) is 15.3. The van der Waals surface area contributed by atoms with Gasteiger partial charge in [-0.3, -0.25) is 0 Å². The fraction of sp³-hybridized carbons (Fsp3) is 0. The molecule has 15 rings (SSSR count). The molecule has 6 heteroatoms. The van der Waals surface area contributed by atoms with Crippen molar-refractivity contribution in [1.82, 2.24) is 19.9 Å². The van der Waals surface area contributed by atoms with E-state index in [4.69, 9.17) is 24.4 Å². The second kappa shape index (κ2) is 15.2. The summed E-state index contributed by atoms with van der Waals surface area (Å²) in [6, 6.07) is 77.4. The van der Waals surface area contributed by atoms with Gasteiger partial charge in [-0.1, -0.05) is 182 Å². The Balaban J connectivity index is 0.963. The first-order valence-corrected chi connectivity index (χ1v) is 24.4. The van der Waals surface area contributed by atoms with Crippen LogP contribution in [0.15, 0.2) is 223 Å². The molecule has 0 fully saturated rings. The zero-order chi connectivity index (χ0) is 45.9. The topological polar surface area (TPSA) is 64.7 Å². The molecule has 15 aromatic rings. The van der Waals surface area contributed by atoms with Gasteiger partial charge in [-0.2, -0.15) is 0 Å². The van der Waals surface area contributed by atoms with Gasteiger partial charge < -0.3 is 4.42 Å². The van der Waals surface area contributed by atoms with Crippen molar-refractivity contribution >= 4 is 107 Å². The first-order valence-electron chi connectivity index (χ1n) is 23.5. The van der Waals surface area contributed by atoms with E-state index in [0.29, 0.717) is 17.5 Å². The molecule has 70 heavy (non-hydrogen) atoms. The van der Waals surface area contributed by atoms with Crippen LogP contribution in [0.3, 0.4) is 0 Å². The van der Waals surface area contributed by atoms with Crippen LogP contribution < -0.4 is 0 Å². The fourth-order valence-electron chi connectivity index (χ4n) is 10.9. The highest BCUT2D eigenvalue weighted by Crippen LogP contribution is 2.48. The number of hydrogen-bond acceptors (Lipinski definition) is 6. The van der Waals surface area contributed by atoms with Crippen LogP contribution in [0, 0.1) is 0 Å². The van der Waals surface area contributed by atoms with Crippen molar-refractivity contribution in [3.8, 4) is 56.5 Å². The summed E-state index contributed by atoms with van der Waals surface area (Å²) >= 11 is 1.78. The predicted octanol–water partition coefficient (Wildman–Crippen LogP) is 17.6. The number of furan rings is 1. The minimum absolute atomic E-state index is 0.610. The van der Waals surface area contributed by atoms with Crippen molar-refractivity contribution in [1.29, 1.82) is 0 Å². The van der Waals surface area contributed by atoms with Crippen LogP contribution in [-0.2, 0) is 0 Å². The summed E-state index contributed by atoms with van der Waals surface area (Å²) in [5, 5.41) is 15.2. The van der Waals surface area contributed by atoms with Crippen LogP contribution in [0.4, 0.5) is 0 Å². The summed E-state index contributed by atoms with van der Waals surface area (Å²) in [6.07, 6.45) is 0. The standard InChI is InChI=1S/C64H36N4OS/c1-2-15-38(16-3-1)62-66-63(68-64(67-62)50-25-14-24-47-46-21-10-13-28-56(46)70-61(47)50)39-31-29-37(30-32-39)57-58-48-22-8-11-26-53(48)65-60(52(58)36-55-59(57)49-23-9-12-27-54(49)69-55)40-33-34-45-43-19-5-4-17-41(43)42-18-6-7-20-44(42)51(45)35-40/h1-36H. The van der Waals surface area contributed by atoms with Gasteiger partial charge in [-0.05, 0) is 74.3 Å². The summed E-state index contributed by atoms with van der Waals surface area (Å²) in [7, 11) is 0. The fourth-order valence-corrected chi connectivity index (χ4v) is 12.1. The van der Waals surface area contributed by atoms with Gasteiger partial charge in [0, 0.05) is 74.9 Å². The van der Waals surface area contributed by atoms with Crippen LogP contribution in [-0.4, -0.2) is 19.9 Å². The number of thiophene rings is 1. The number of nitrogens with zero attached hydrogens (tertiary/aromatic N) is 4. The summed E-state index contributed by atoms with van der Waals surface area (Å²) in [5.74, 6) is 1.88. The van der Waals surface area contributed by atoms with Gasteiger partial charge in [-0.15, -0.1) is 11.3 Å². The molecule has 4 aromatic heterocycles. The highest BCUT2D eigenvalue weighted by molar-refractivity contribution is 7.26. The molecule has 0 atom stereocenters. The number of para-hydroxylation sites is 2. The first kappa shape index (κ1) is 38.9. The lowest BCUT2D eigenvalue weighted by molar-refractivity contribution is 0.669. The van der Waals surface area contributed by atoms with Crippen molar-refractivity contribution in [2.75, 3.05) is 0 Å². The molecule has 0 spiro atoms. The quantitative estimate of drug-likeness (QED) is 0.161. The van der Waals surface area contributed by atoms with E-state index in [-0.39, 0.29) is 0 Å². The molecule has 0 aliphatic heterocycles. The summed E-state index contributed by atoms with van der Waals surface area (Å²) in [5.41, 5.74) is 9.51. The zero-order valence-corrected chi connectivity index (χ0v) is 38.2. The van der Waals surface area contributed by atoms with Crippen molar-refractivity contribution < 1.29 is 4.42 Å². The van der Waals surface area contributed by atoms with E-state index in [2.05, 4.69) is 194 Å². The minimum atomic E-state index is 0.610. The molecule has 0 aliphatic rings. The molecule has 0 amide bonds. The van der Waals surface area contributed by atoms with Crippen molar-refractivity contribution in [2.24, 2.45) is 0 Å². The monoisotopic (exact) mass is 908 g/mol. The molecule has 0 N–H and O–H groups in total. The van der Waals surface area contributed by atoms with E-state index in [1.54, 1.807) is 11.3 Å². The second-order valence-corrected chi connectivity index (χ2v) is 19.1. The van der Waals surface area contributed by atoms with Crippen LogP contribution >= 0.6 is 11.3 Å². The van der Waals surface area contributed by atoms with Crippen LogP contribution in [0.2, 0.25) is 0 Å². The minimum Gasteiger partial charge on any atom is -0.456 e. The molecule has 0 unspecified atom stereocenters. The van der Waals surface area contributed by atoms with E-state index in [1.807, 2.05) is 24.3 Å². The lowest BCUT2D eigenvalue weighted by atomic mass is 9.88. The molecule has 0 saturated heterocycles. The molecule has 0 saturated carbocycles. The number of pyridine rings is 1. The Morgan fingerprint density at radius 1 is 0.314 bits per heavy atom. The van der Waals surface area contributed by atoms with E-state index >= 15 is 0 Å². The first-order chi connectivity index (χ1) is 34.7. The smallest absolute Gasteiger partial charge is 0.165 e. The predicted molar refractivity (Wildman–Crippen MR) is 292 cm³/mol.